The number of carboxylic acids is 1. The van der Waals surface area contributed by atoms with E-state index in [0.29, 0.717) is 5.56 Å². The molecule has 0 aliphatic heterocycles. The summed E-state index contributed by atoms with van der Waals surface area (Å²) in [6.07, 6.45) is 0. The molecule has 0 aliphatic rings. The van der Waals surface area contributed by atoms with E-state index >= 15 is 0 Å². The Kier molecular flexibility index (Phi) is 4.38. The number of rotatable bonds is 3. The topological polar surface area (TPSA) is 63.3 Å². The highest BCUT2D eigenvalue weighted by atomic mass is 16.4. The number of hydrogen-bond acceptors (Lipinski definition) is 2. The first-order chi connectivity index (χ1) is 10.3. The van der Waals surface area contributed by atoms with Crippen LogP contribution in [0.15, 0.2) is 24.3 Å². The van der Waals surface area contributed by atoms with E-state index in [1.807, 2.05) is 6.07 Å². The monoisotopic (exact) mass is 297 g/mol. The van der Waals surface area contributed by atoms with E-state index in [0.717, 1.165) is 16.7 Å². The molecule has 0 heterocycles. The van der Waals surface area contributed by atoms with Crippen LogP contribution in [0.2, 0.25) is 0 Å². The average Bonchev–Trinajstić information content (AvgIpc) is 2.51. The molecule has 0 spiro atoms. The molecular weight excluding hydrogens is 274 g/mol. The average molecular weight is 297 g/mol. The van der Waals surface area contributed by atoms with E-state index < -0.39 is 12.0 Å². The zero-order valence-corrected chi connectivity index (χ0v) is 13.8. The van der Waals surface area contributed by atoms with Crippen LogP contribution in [0.3, 0.4) is 0 Å². The third-order valence-corrected chi connectivity index (χ3v) is 4.90. The number of nitrogens with two attached hydrogens (primary N) is 1. The van der Waals surface area contributed by atoms with Gasteiger partial charge in [0.05, 0.1) is 11.6 Å². The molecule has 2 rings (SSSR count). The number of aromatic carboxylic acids is 1. The molecule has 3 N–H and O–H groups in total. The van der Waals surface area contributed by atoms with Crippen LogP contribution in [-0.2, 0) is 0 Å². The molecule has 116 valence electrons. The van der Waals surface area contributed by atoms with E-state index in [-0.39, 0.29) is 5.56 Å². The number of carbonyl (C=O) groups is 1. The first kappa shape index (κ1) is 16.2. The Morgan fingerprint density at radius 2 is 1.36 bits per heavy atom. The number of carboxylic acid groups (broad SMARTS) is 1. The minimum absolute atomic E-state index is 0.268. The van der Waals surface area contributed by atoms with Crippen LogP contribution in [0.5, 0.6) is 0 Å². The lowest BCUT2D eigenvalue weighted by atomic mass is 9.83. The van der Waals surface area contributed by atoms with Gasteiger partial charge in [-0.25, -0.2) is 4.79 Å². The van der Waals surface area contributed by atoms with E-state index in [4.69, 9.17) is 5.73 Å². The van der Waals surface area contributed by atoms with Gasteiger partial charge >= 0.3 is 5.97 Å². The molecule has 22 heavy (non-hydrogen) atoms. The predicted octanol–water partition coefficient (Wildman–Crippen LogP) is 3.98. The zero-order valence-electron chi connectivity index (χ0n) is 13.8. The lowest BCUT2D eigenvalue weighted by Crippen LogP contribution is -2.19. The van der Waals surface area contributed by atoms with E-state index in [9.17, 15) is 9.90 Å². The Labute approximate surface area is 131 Å². The fourth-order valence-corrected chi connectivity index (χ4v) is 3.11. The summed E-state index contributed by atoms with van der Waals surface area (Å²) in [6, 6.07) is 6.53. The summed E-state index contributed by atoms with van der Waals surface area (Å²) in [5, 5.41) is 9.40. The third-order valence-electron chi connectivity index (χ3n) is 4.90. The smallest absolute Gasteiger partial charge is 0.336 e. The van der Waals surface area contributed by atoms with Crippen molar-refractivity contribution in [3.8, 4) is 0 Å². The van der Waals surface area contributed by atoms with E-state index in [1.165, 1.54) is 16.7 Å². The van der Waals surface area contributed by atoms with Gasteiger partial charge in [0, 0.05) is 0 Å². The summed E-state index contributed by atoms with van der Waals surface area (Å²) in [5.41, 5.74) is 14.5. The standard InChI is InChI=1S/C19H23NO2/c1-10-11(2)13(4)17(14(5)12(10)3)18(20)15-8-6-7-9-16(15)19(21)22/h6-9,18H,20H2,1-5H3,(H,21,22)/t18-/m0/s1. The molecule has 0 saturated heterocycles. The van der Waals surface area contributed by atoms with Gasteiger partial charge in [-0.1, -0.05) is 18.2 Å². The number of benzene rings is 2. The quantitative estimate of drug-likeness (QED) is 0.901. The molecule has 0 bridgehead atoms. The van der Waals surface area contributed by atoms with Gasteiger partial charge in [-0.05, 0) is 79.6 Å². The molecule has 0 aliphatic carbocycles. The van der Waals surface area contributed by atoms with Crippen LogP contribution in [0.4, 0.5) is 0 Å². The molecule has 0 aromatic heterocycles. The van der Waals surface area contributed by atoms with Gasteiger partial charge in [0.1, 0.15) is 0 Å². The summed E-state index contributed by atoms with van der Waals surface area (Å²) in [7, 11) is 0. The highest BCUT2D eigenvalue weighted by molar-refractivity contribution is 5.89. The fraction of sp³-hybridized carbons (Fsp3) is 0.316. The van der Waals surface area contributed by atoms with Gasteiger partial charge in [-0.3, -0.25) is 0 Å². The largest absolute Gasteiger partial charge is 0.478 e. The number of hydrogen-bond donors (Lipinski definition) is 2. The molecule has 0 radical (unpaired) electrons. The Balaban J connectivity index is 2.71. The molecule has 3 nitrogen and oxygen atoms in total. The van der Waals surface area contributed by atoms with E-state index in [1.54, 1.807) is 18.2 Å². The van der Waals surface area contributed by atoms with Crippen LogP contribution in [-0.4, -0.2) is 11.1 Å². The summed E-state index contributed by atoms with van der Waals surface area (Å²) in [5.74, 6) is -0.943. The van der Waals surface area contributed by atoms with Crippen molar-refractivity contribution in [1.29, 1.82) is 0 Å². The molecular formula is C19H23NO2. The Bertz CT molecular complexity index is 718. The maximum Gasteiger partial charge on any atom is 0.336 e. The maximum atomic E-state index is 11.5. The highest BCUT2D eigenvalue weighted by Gasteiger charge is 2.22. The maximum absolute atomic E-state index is 11.5. The first-order valence-corrected chi connectivity index (χ1v) is 7.42. The second-order valence-corrected chi connectivity index (χ2v) is 5.91. The third kappa shape index (κ3) is 2.53. The van der Waals surface area contributed by atoms with E-state index in [2.05, 4.69) is 34.6 Å². The Morgan fingerprint density at radius 1 is 0.909 bits per heavy atom. The minimum atomic E-state index is -0.943. The van der Waals surface area contributed by atoms with Gasteiger partial charge in [0.25, 0.3) is 0 Å². The van der Waals surface area contributed by atoms with Gasteiger partial charge in [0.15, 0.2) is 0 Å². The molecule has 2 aromatic carbocycles. The van der Waals surface area contributed by atoms with Gasteiger partial charge in [0.2, 0.25) is 0 Å². The van der Waals surface area contributed by atoms with Crippen LogP contribution >= 0.6 is 0 Å². The SMILES string of the molecule is Cc1c(C)c(C)c([C@@H](N)c2ccccc2C(=O)O)c(C)c1C. The lowest BCUT2D eigenvalue weighted by Gasteiger charge is -2.24. The molecule has 3 heteroatoms. The van der Waals surface area contributed by atoms with Crippen molar-refractivity contribution in [3.63, 3.8) is 0 Å². The second-order valence-electron chi connectivity index (χ2n) is 5.91. The van der Waals surface area contributed by atoms with Crippen molar-refractivity contribution in [2.75, 3.05) is 0 Å². The van der Waals surface area contributed by atoms with Crippen molar-refractivity contribution in [3.05, 3.63) is 68.8 Å². The second kappa shape index (κ2) is 5.93. The Hall–Kier alpha value is -2.13. The molecule has 0 unspecified atom stereocenters. The summed E-state index contributed by atoms with van der Waals surface area (Å²) < 4.78 is 0. The van der Waals surface area contributed by atoms with Crippen molar-refractivity contribution in [1.82, 2.24) is 0 Å². The van der Waals surface area contributed by atoms with Crippen molar-refractivity contribution < 1.29 is 9.90 Å². The molecule has 0 amide bonds. The molecule has 1 atom stereocenters. The molecule has 0 fully saturated rings. The minimum Gasteiger partial charge on any atom is -0.478 e. The zero-order chi connectivity index (χ0) is 16.6. The van der Waals surface area contributed by atoms with Gasteiger partial charge in [-0.15, -0.1) is 0 Å². The van der Waals surface area contributed by atoms with Crippen molar-refractivity contribution >= 4 is 5.97 Å². The van der Waals surface area contributed by atoms with Gasteiger partial charge < -0.3 is 10.8 Å². The van der Waals surface area contributed by atoms with Crippen LogP contribution < -0.4 is 5.73 Å². The lowest BCUT2D eigenvalue weighted by molar-refractivity contribution is 0.0695. The normalized spacial score (nSPS) is 12.3. The van der Waals surface area contributed by atoms with Crippen LogP contribution in [0.25, 0.3) is 0 Å². The van der Waals surface area contributed by atoms with Gasteiger partial charge in [-0.2, -0.15) is 0 Å². The summed E-state index contributed by atoms with van der Waals surface area (Å²) in [6.45, 7) is 10.4. The highest BCUT2D eigenvalue weighted by Crippen LogP contribution is 2.33. The Morgan fingerprint density at radius 3 is 1.86 bits per heavy atom. The van der Waals surface area contributed by atoms with Crippen molar-refractivity contribution in [2.24, 2.45) is 5.73 Å². The fourth-order valence-electron chi connectivity index (χ4n) is 3.11. The summed E-state index contributed by atoms with van der Waals surface area (Å²) >= 11 is 0. The molecule has 0 saturated carbocycles. The van der Waals surface area contributed by atoms with Crippen molar-refractivity contribution in [2.45, 2.75) is 40.7 Å². The molecule has 2 aromatic rings. The van der Waals surface area contributed by atoms with Crippen LogP contribution in [0.1, 0.15) is 55.3 Å². The predicted molar refractivity (Wildman–Crippen MR) is 89.6 cm³/mol. The van der Waals surface area contributed by atoms with Crippen LogP contribution in [0, 0.1) is 34.6 Å². The summed E-state index contributed by atoms with van der Waals surface area (Å²) in [4.78, 5) is 11.5. The first-order valence-electron chi connectivity index (χ1n) is 7.42.